The molecule has 104 valence electrons. The zero-order chi connectivity index (χ0) is 14.1. The molecule has 0 spiro atoms. The van der Waals surface area contributed by atoms with Gasteiger partial charge in [0.1, 0.15) is 5.69 Å². The smallest absolute Gasteiger partial charge is 0.293 e. The van der Waals surface area contributed by atoms with E-state index in [1.165, 1.54) is 12.4 Å². The van der Waals surface area contributed by atoms with E-state index < -0.39 is 4.92 Å². The maximum atomic E-state index is 11.7. The van der Waals surface area contributed by atoms with E-state index in [9.17, 15) is 14.9 Å². The minimum absolute atomic E-state index is 0.0899. The van der Waals surface area contributed by atoms with E-state index >= 15 is 0 Å². The van der Waals surface area contributed by atoms with E-state index in [2.05, 4.69) is 15.3 Å². The summed E-state index contributed by atoms with van der Waals surface area (Å²) in [6.45, 7) is 0. The summed E-state index contributed by atoms with van der Waals surface area (Å²) in [5.74, 6) is 1.98. The molecule has 2 heterocycles. The van der Waals surface area contributed by atoms with Gasteiger partial charge in [-0.25, -0.2) is 4.98 Å². The van der Waals surface area contributed by atoms with Crippen molar-refractivity contribution >= 4 is 34.0 Å². The summed E-state index contributed by atoms with van der Waals surface area (Å²) in [5.41, 5.74) is 0.412. The van der Waals surface area contributed by atoms with E-state index in [1.807, 2.05) is 11.8 Å². The molecule has 0 aliphatic carbocycles. The molecule has 1 aliphatic heterocycles. The molecule has 1 aliphatic rings. The molecule has 2 aromatic rings. The highest BCUT2D eigenvalue weighted by Crippen LogP contribution is 2.30. The van der Waals surface area contributed by atoms with Crippen LogP contribution in [0.25, 0.3) is 10.9 Å². The third-order valence-corrected chi connectivity index (χ3v) is 4.41. The van der Waals surface area contributed by atoms with Crippen molar-refractivity contribution in [3.63, 3.8) is 0 Å². The lowest BCUT2D eigenvalue weighted by Gasteiger charge is -2.13. The number of nitro benzene ring substituents is 1. The molecule has 3 rings (SSSR count). The topological polar surface area (TPSA) is 101 Å². The largest absolute Gasteiger partial charge is 0.376 e. The van der Waals surface area contributed by atoms with Crippen molar-refractivity contribution < 1.29 is 4.92 Å². The lowest BCUT2D eigenvalue weighted by molar-refractivity contribution is -0.383. The minimum atomic E-state index is -0.476. The minimum Gasteiger partial charge on any atom is -0.376 e. The first-order valence-corrected chi connectivity index (χ1v) is 7.31. The number of rotatable bonds is 3. The molecule has 0 amide bonds. The summed E-state index contributed by atoms with van der Waals surface area (Å²) in [4.78, 5) is 28.8. The van der Waals surface area contributed by atoms with Crippen molar-refractivity contribution in [2.75, 3.05) is 16.8 Å². The van der Waals surface area contributed by atoms with Crippen LogP contribution in [0.5, 0.6) is 0 Å². The summed E-state index contributed by atoms with van der Waals surface area (Å²) in [6.07, 6.45) is 2.27. The fourth-order valence-corrected chi connectivity index (χ4v) is 3.39. The summed E-state index contributed by atoms with van der Waals surface area (Å²) >= 11 is 1.82. The third-order valence-electron chi connectivity index (χ3n) is 3.24. The van der Waals surface area contributed by atoms with Crippen LogP contribution in [0.4, 0.5) is 11.4 Å². The number of nitro groups is 1. The molecule has 7 nitrogen and oxygen atoms in total. The zero-order valence-corrected chi connectivity index (χ0v) is 11.3. The molecule has 2 N–H and O–H groups in total. The van der Waals surface area contributed by atoms with Gasteiger partial charge in [0.25, 0.3) is 11.2 Å². The number of anilines is 1. The Hall–Kier alpha value is -2.09. The van der Waals surface area contributed by atoms with E-state index in [0.717, 1.165) is 17.9 Å². The number of H-pyrrole nitrogens is 1. The van der Waals surface area contributed by atoms with Gasteiger partial charge in [-0.2, -0.15) is 11.8 Å². The third kappa shape index (κ3) is 2.34. The number of fused-ring (bicyclic) bond motifs is 1. The summed E-state index contributed by atoms with van der Waals surface area (Å²) in [6, 6.07) is 3.08. The second-order valence-corrected chi connectivity index (χ2v) is 5.73. The fourth-order valence-electron chi connectivity index (χ4n) is 2.24. The number of aromatic amines is 1. The zero-order valence-electron chi connectivity index (χ0n) is 10.5. The first-order valence-electron chi connectivity index (χ1n) is 6.15. The fraction of sp³-hybridized carbons (Fsp3) is 0.333. The Labute approximate surface area is 117 Å². The molecular weight excluding hydrogens is 280 g/mol. The lowest BCUT2D eigenvalue weighted by Crippen LogP contribution is -2.19. The average molecular weight is 292 g/mol. The molecule has 1 saturated heterocycles. The van der Waals surface area contributed by atoms with Gasteiger partial charge < -0.3 is 10.3 Å². The van der Waals surface area contributed by atoms with Crippen LogP contribution in [0.2, 0.25) is 0 Å². The van der Waals surface area contributed by atoms with Gasteiger partial charge in [0, 0.05) is 17.9 Å². The van der Waals surface area contributed by atoms with Crippen LogP contribution in [0.1, 0.15) is 6.42 Å². The van der Waals surface area contributed by atoms with Gasteiger partial charge in [0.15, 0.2) is 0 Å². The Balaban J connectivity index is 2.11. The normalized spacial score (nSPS) is 18.3. The van der Waals surface area contributed by atoms with Crippen molar-refractivity contribution in [3.8, 4) is 0 Å². The Morgan fingerprint density at radius 2 is 2.35 bits per heavy atom. The molecule has 1 atom stereocenters. The molecule has 0 radical (unpaired) electrons. The van der Waals surface area contributed by atoms with Gasteiger partial charge in [0.05, 0.1) is 22.2 Å². The van der Waals surface area contributed by atoms with Gasteiger partial charge in [-0.1, -0.05) is 0 Å². The average Bonchev–Trinajstić information content (AvgIpc) is 2.91. The van der Waals surface area contributed by atoms with Crippen LogP contribution in [0.3, 0.4) is 0 Å². The Morgan fingerprint density at radius 3 is 3.05 bits per heavy atom. The van der Waals surface area contributed by atoms with Gasteiger partial charge in [-0.15, -0.1) is 0 Å². The molecule has 0 saturated carbocycles. The molecule has 1 aromatic carbocycles. The number of hydrogen-bond acceptors (Lipinski definition) is 6. The quantitative estimate of drug-likeness (QED) is 0.660. The molecule has 1 unspecified atom stereocenters. The molecule has 1 fully saturated rings. The number of thioether (sulfide) groups is 1. The Kier molecular flexibility index (Phi) is 3.31. The molecule has 1 aromatic heterocycles. The predicted molar refractivity (Wildman–Crippen MR) is 78.4 cm³/mol. The van der Waals surface area contributed by atoms with Crippen molar-refractivity contribution in [3.05, 3.63) is 38.9 Å². The predicted octanol–water partition coefficient (Wildman–Crippen LogP) is 1.75. The van der Waals surface area contributed by atoms with Crippen molar-refractivity contribution in [2.45, 2.75) is 12.5 Å². The molecule has 20 heavy (non-hydrogen) atoms. The highest BCUT2D eigenvalue weighted by atomic mass is 32.2. The van der Waals surface area contributed by atoms with Crippen molar-refractivity contribution in [1.29, 1.82) is 0 Å². The second kappa shape index (κ2) is 5.12. The van der Waals surface area contributed by atoms with Crippen LogP contribution >= 0.6 is 11.8 Å². The summed E-state index contributed by atoms with van der Waals surface area (Å²) < 4.78 is 0. The Morgan fingerprint density at radius 1 is 1.50 bits per heavy atom. The Bertz CT molecular complexity index is 724. The first-order chi connectivity index (χ1) is 9.65. The van der Waals surface area contributed by atoms with E-state index in [0.29, 0.717) is 11.2 Å². The number of aromatic nitrogens is 2. The molecule has 0 bridgehead atoms. The van der Waals surface area contributed by atoms with E-state index in [-0.39, 0.29) is 22.7 Å². The van der Waals surface area contributed by atoms with Crippen LogP contribution in [0, 0.1) is 10.1 Å². The molecule has 8 heteroatoms. The maximum absolute atomic E-state index is 11.7. The monoisotopic (exact) mass is 292 g/mol. The van der Waals surface area contributed by atoms with Gasteiger partial charge in [0.2, 0.25) is 0 Å². The number of nitrogens with one attached hydrogen (secondary N) is 2. The van der Waals surface area contributed by atoms with Crippen molar-refractivity contribution in [1.82, 2.24) is 9.97 Å². The lowest BCUT2D eigenvalue weighted by atomic mass is 10.1. The van der Waals surface area contributed by atoms with Crippen molar-refractivity contribution in [2.24, 2.45) is 0 Å². The van der Waals surface area contributed by atoms with Crippen LogP contribution in [0.15, 0.2) is 23.3 Å². The van der Waals surface area contributed by atoms with Gasteiger partial charge in [-0.05, 0) is 18.2 Å². The van der Waals surface area contributed by atoms with Crippen LogP contribution in [-0.4, -0.2) is 32.4 Å². The highest BCUT2D eigenvalue weighted by molar-refractivity contribution is 7.99. The summed E-state index contributed by atoms with van der Waals surface area (Å²) in [7, 11) is 0. The number of nitrogens with zero attached hydrogens (tertiary/aromatic N) is 2. The second-order valence-electron chi connectivity index (χ2n) is 4.58. The van der Waals surface area contributed by atoms with Gasteiger partial charge >= 0.3 is 0 Å². The number of hydrogen-bond donors (Lipinski definition) is 2. The summed E-state index contributed by atoms with van der Waals surface area (Å²) in [5, 5.41) is 14.6. The van der Waals surface area contributed by atoms with E-state index in [4.69, 9.17) is 0 Å². The highest BCUT2D eigenvalue weighted by Gasteiger charge is 2.22. The number of benzene rings is 1. The van der Waals surface area contributed by atoms with E-state index in [1.54, 1.807) is 6.07 Å². The van der Waals surface area contributed by atoms with Crippen LogP contribution < -0.4 is 10.9 Å². The standard InChI is InChI=1S/C12H12N4O3S/c17-12-8-3-11(16(18)19)10(4-9(8)13-6-14-12)15-7-1-2-20-5-7/h3-4,6-7,15H,1-2,5H2,(H,13,14,17). The SMILES string of the molecule is O=c1[nH]cnc2cc(NC3CCSC3)c([N+](=O)[O-])cc12. The first kappa shape index (κ1) is 12.9. The van der Waals surface area contributed by atoms with Crippen LogP contribution in [-0.2, 0) is 0 Å². The molecular formula is C12H12N4O3S. The maximum Gasteiger partial charge on any atom is 0.293 e. The van der Waals surface area contributed by atoms with Gasteiger partial charge in [-0.3, -0.25) is 14.9 Å².